The van der Waals surface area contributed by atoms with Gasteiger partial charge in [-0.05, 0) is 18.2 Å². The van der Waals surface area contributed by atoms with E-state index >= 15 is 0 Å². The van der Waals surface area contributed by atoms with E-state index in [-0.39, 0.29) is 18.1 Å². The second-order valence-electron chi connectivity index (χ2n) is 5.10. The highest BCUT2D eigenvalue weighted by Gasteiger charge is 2.28. The quantitative estimate of drug-likeness (QED) is 0.935. The Bertz CT molecular complexity index is 698. The summed E-state index contributed by atoms with van der Waals surface area (Å²) >= 11 is 5.89. The van der Waals surface area contributed by atoms with Crippen LogP contribution in [0.1, 0.15) is 6.42 Å². The lowest BCUT2D eigenvalue weighted by Crippen LogP contribution is -2.34. The minimum atomic E-state index is -0.522. The molecule has 0 saturated carbocycles. The molecule has 0 aliphatic carbocycles. The van der Waals surface area contributed by atoms with Crippen LogP contribution in [0, 0.1) is 5.82 Å². The number of hydrogen-bond acceptors (Lipinski definition) is 4. The van der Waals surface area contributed by atoms with E-state index in [2.05, 4.69) is 15.3 Å². The molecule has 3 rings (SSSR count). The lowest BCUT2D eigenvalue weighted by molar-refractivity contribution is 0.183. The van der Waals surface area contributed by atoms with Gasteiger partial charge in [0.15, 0.2) is 5.82 Å². The second kappa shape index (κ2) is 6.78. The lowest BCUT2D eigenvalue weighted by atomic mass is 10.3. The predicted octanol–water partition coefficient (Wildman–Crippen LogP) is 2.95. The molecular formula is C15H14ClFN4O2. The van der Waals surface area contributed by atoms with E-state index in [1.807, 2.05) is 0 Å². The molecule has 120 valence electrons. The van der Waals surface area contributed by atoms with Crippen molar-refractivity contribution in [2.75, 3.05) is 18.4 Å². The number of nitrogens with zero attached hydrogens (tertiary/aromatic N) is 3. The molecule has 8 heteroatoms. The van der Waals surface area contributed by atoms with E-state index in [0.29, 0.717) is 30.2 Å². The summed E-state index contributed by atoms with van der Waals surface area (Å²) in [5.74, 6) is -0.522. The van der Waals surface area contributed by atoms with Crippen molar-refractivity contribution < 1.29 is 13.9 Å². The highest BCUT2D eigenvalue weighted by Crippen LogP contribution is 2.18. The minimum Gasteiger partial charge on any atom is -0.458 e. The smallest absolute Gasteiger partial charge is 0.321 e. The van der Waals surface area contributed by atoms with E-state index in [0.717, 1.165) is 12.4 Å². The third-order valence-electron chi connectivity index (χ3n) is 3.38. The number of likely N-dealkylation sites (tertiary alicyclic amines) is 1. The zero-order valence-electron chi connectivity index (χ0n) is 12.1. The molecule has 23 heavy (non-hydrogen) atoms. The molecule has 2 aromatic rings. The van der Waals surface area contributed by atoms with Gasteiger partial charge in [-0.1, -0.05) is 17.7 Å². The summed E-state index contributed by atoms with van der Waals surface area (Å²) in [6.07, 6.45) is 2.52. The Morgan fingerprint density at radius 3 is 2.91 bits per heavy atom. The van der Waals surface area contributed by atoms with Crippen molar-refractivity contribution in [1.82, 2.24) is 14.9 Å². The molecule has 1 aromatic carbocycles. The van der Waals surface area contributed by atoms with Crippen molar-refractivity contribution in [3.05, 3.63) is 47.5 Å². The van der Waals surface area contributed by atoms with Crippen LogP contribution in [-0.2, 0) is 0 Å². The minimum absolute atomic E-state index is 0.105. The summed E-state index contributed by atoms with van der Waals surface area (Å²) in [5, 5.41) is 3.34. The monoisotopic (exact) mass is 336 g/mol. The van der Waals surface area contributed by atoms with Crippen LogP contribution in [0.15, 0.2) is 36.7 Å². The Morgan fingerprint density at radius 1 is 1.39 bits per heavy atom. The van der Waals surface area contributed by atoms with Crippen molar-refractivity contribution in [2.24, 2.45) is 0 Å². The fraction of sp³-hybridized carbons (Fsp3) is 0.267. The predicted molar refractivity (Wildman–Crippen MR) is 83.1 cm³/mol. The van der Waals surface area contributed by atoms with Gasteiger partial charge in [-0.25, -0.2) is 19.2 Å². The number of amides is 2. The van der Waals surface area contributed by atoms with Crippen molar-refractivity contribution in [3.8, 4) is 6.01 Å². The van der Waals surface area contributed by atoms with Crippen LogP contribution in [0.5, 0.6) is 6.01 Å². The van der Waals surface area contributed by atoms with Gasteiger partial charge in [0.05, 0.1) is 18.9 Å². The standard InChI is InChI=1S/C15H14ClFN4O2/c16-10-2-1-3-12(6-10)20-15(22)21-5-4-13(9-21)23-14-18-7-11(17)8-19-14/h1-3,6-8,13H,4-5,9H2,(H,20,22)/t13-/m0/s1. The van der Waals surface area contributed by atoms with Gasteiger partial charge in [0, 0.05) is 23.7 Å². The van der Waals surface area contributed by atoms with E-state index in [1.54, 1.807) is 29.2 Å². The van der Waals surface area contributed by atoms with Crippen molar-refractivity contribution in [1.29, 1.82) is 0 Å². The average molecular weight is 337 g/mol. The van der Waals surface area contributed by atoms with Gasteiger partial charge in [-0.15, -0.1) is 0 Å². The summed E-state index contributed by atoms with van der Waals surface area (Å²) in [6, 6.07) is 6.82. The van der Waals surface area contributed by atoms with E-state index in [4.69, 9.17) is 16.3 Å². The number of carbonyl (C=O) groups excluding carboxylic acids is 1. The molecule has 0 bridgehead atoms. The lowest BCUT2D eigenvalue weighted by Gasteiger charge is -2.17. The third-order valence-corrected chi connectivity index (χ3v) is 3.61. The molecule has 1 aliphatic heterocycles. The number of ether oxygens (including phenoxy) is 1. The Hall–Kier alpha value is -2.41. The number of hydrogen-bond donors (Lipinski definition) is 1. The van der Waals surface area contributed by atoms with Gasteiger partial charge in [-0.3, -0.25) is 0 Å². The average Bonchev–Trinajstić information content (AvgIpc) is 2.98. The number of halogens is 2. The highest BCUT2D eigenvalue weighted by molar-refractivity contribution is 6.30. The van der Waals surface area contributed by atoms with Gasteiger partial charge in [0.1, 0.15) is 6.10 Å². The molecule has 1 saturated heterocycles. The summed E-state index contributed by atoms with van der Waals surface area (Å²) in [5.41, 5.74) is 0.633. The Morgan fingerprint density at radius 2 is 2.17 bits per heavy atom. The van der Waals surface area contributed by atoms with E-state index in [9.17, 15) is 9.18 Å². The zero-order valence-corrected chi connectivity index (χ0v) is 12.8. The topological polar surface area (TPSA) is 67.4 Å². The van der Waals surface area contributed by atoms with Gasteiger partial charge < -0.3 is 15.0 Å². The molecule has 0 radical (unpaired) electrons. The van der Waals surface area contributed by atoms with Crippen LogP contribution >= 0.6 is 11.6 Å². The third kappa shape index (κ3) is 4.07. The molecule has 1 aliphatic rings. The van der Waals surface area contributed by atoms with Gasteiger partial charge >= 0.3 is 12.0 Å². The number of benzene rings is 1. The Labute approximate surface area is 137 Å². The van der Waals surface area contributed by atoms with Crippen LogP contribution in [0.4, 0.5) is 14.9 Å². The molecule has 0 spiro atoms. The zero-order chi connectivity index (χ0) is 16.2. The molecule has 1 fully saturated rings. The molecule has 1 N–H and O–H groups in total. The largest absolute Gasteiger partial charge is 0.458 e. The Kier molecular flexibility index (Phi) is 4.57. The molecule has 2 heterocycles. The van der Waals surface area contributed by atoms with E-state index < -0.39 is 5.82 Å². The van der Waals surface area contributed by atoms with Gasteiger partial charge in [0.25, 0.3) is 0 Å². The first kappa shape index (κ1) is 15.5. The summed E-state index contributed by atoms with van der Waals surface area (Å²) in [4.78, 5) is 21.3. The fourth-order valence-electron chi connectivity index (χ4n) is 2.29. The van der Waals surface area contributed by atoms with Crippen LogP contribution in [0.25, 0.3) is 0 Å². The molecule has 0 unspecified atom stereocenters. The summed E-state index contributed by atoms with van der Waals surface area (Å²) in [7, 11) is 0. The van der Waals surface area contributed by atoms with Crippen LogP contribution in [-0.4, -0.2) is 40.1 Å². The van der Waals surface area contributed by atoms with Crippen LogP contribution < -0.4 is 10.1 Å². The first-order chi connectivity index (χ1) is 11.1. The highest BCUT2D eigenvalue weighted by atomic mass is 35.5. The van der Waals surface area contributed by atoms with Crippen molar-refractivity contribution in [3.63, 3.8) is 0 Å². The number of anilines is 1. The maximum absolute atomic E-state index is 12.8. The molecular weight excluding hydrogens is 323 g/mol. The fourth-order valence-corrected chi connectivity index (χ4v) is 2.48. The first-order valence-electron chi connectivity index (χ1n) is 7.06. The maximum Gasteiger partial charge on any atom is 0.321 e. The van der Waals surface area contributed by atoms with Crippen molar-refractivity contribution in [2.45, 2.75) is 12.5 Å². The van der Waals surface area contributed by atoms with Gasteiger partial charge in [-0.2, -0.15) is 0 Å². The van der Waals surface area contributed by atoms with Gasteiger partial charge in [0.2, 0.25) is 0 Å². The molecule has 1 atom stereocenters. The SMILES string of the molecule is O=C(Nc1cccc(Cl)c1)N1CC[C@H](Oc2ncc(F)cn2)C1. The van der Waals surface area contributed by atoms with E-state index in [1.165, 1.54) is 0 Å². The van der Waals surface area contributed by atoms with Crippen molar-refractivity contribution >= 4 is 23.3 Å². The number of urea groups is 1. The summed E-state index contributed by atoms with van der Waals surface area (Å²) < 4.78 is 18.3. The Balaban J connectivity index is 1.54. The number of carbonyl (C=O) groups is 1. The molecule has 2 amide bonds. The first-order valence-corrected chi connectivity index (χ1v) is 7.43. The normalized spacial score (nSPS) is 17.1. The molecule has 1 aromatic heterocycles. The van der Waals surface area contributed by atoms with Crippen LogP contribution in [0.2, 0.25) is 5.02 Å². The number of rotatable bonds is 3. The molecule has 6 nitrogen and oxygen atoms in total. The maximum atomic E-state index is 12.8. The number of nitrogens with one attached hydrogen (secondary N) is 1. The second-order valence-corrected chi connectivity index (χ2v) is 5.54. The van der Waals surface area contributed by atoms with Crippen LogP contribution in [0.3, 0.4) is 0 Å². The summed E-state index contributed by atoms with van der Waals surface area (Å²) in [6.45, 7) is 0.964. The number of aromatic nitrogens is 2.